The summed E-state index contributed by atoms with van der Waals surface area (Å²) in [6, 6.07) is 7.63. The molecule has 0 spiro atoms. The number of hydrogen-bond acceptors (Lipinski definition) is 5. The normalized spacial score (nSPS) is 11.7. The highest BCUT2D eigenvalue weighted by Gasteiger charge is 2.06. The van der Waals surface area contributed by atoms with E-state index in [1.165, 1.54) is 6.33 Å². The molecule has 1 aromatic carbocycles. The molecule has 0 saturated carbocycles. The number of ether oxygens (including phenoxy) is 1. The molecule has 1 amide bonds. The number of carbonyl (C=O) groups is 1. The van der Waals surface area contributed by atoms with Crippen LogP contribution in [0.4, 0.5) is 0 Å². The van der Waals surface area contributed by atoms with Crippen LogP contribution in [0.3, 0.4) is 0 Å². The van der Waals surface area contributed by atoms with Gasteiger partial charge in [-0.15, -0.1) is 11.3 Å². The number of allylic oxidation sites excluding steroid dienone is 1. The number of hydrogen-bond donors (Lipinski definition) is 1. The topological polar surface area (TPSA) is 68.5 Å². The lowest BCUT2D eigenvalue weighted by atomic mass is 10.1. The van der Waals surface area contributed by atoms with Crippen LogP contribution in [0.15, 0.2) is 42.0 Å². The van der Waals surface area contributed by atoms with Gasteiger partial charge in [0.15, 0.2) is 0 Å². The fraction of sp³-hybridized carbons (Fsp3) is 0.235. The van der Waals surface area contributed by atoms with E-state index in [1.54, 1.807) is 29.0 Å². The predicted molar refractivity (Wildman–Crippen MR) is 94.2 cm³/mol. The molecule has 1 N–H and O–H groups in total. The van der Waals surface area contributed by atoms with E-state index in [4.69, 9.17) is 4.74 Å². The Kier molecular flexibility index (Phi) is 4.90. The lowest BCUT2D eigenvalue weighted by molar-refractivity contribution is -0.116. The summed E-state index contributed by atoms with van der Waals surface area (Å²) in [6.45, 7) is 2.47. The van der Waals surface area contributed by atoms with Crippen molar-refractivity contribution in [1.29, 1.82) is 0 Å². The molecule has 0 bridgehead atoms. The first-order valence-corrected chi connectivity index (χ1v) is 8.42. The molecule has 0 saturated heterocycles. The molecule has 6 nitrogen and oxygen atoms in total. The van der Waals surface area contributed by atoms with Crippen LogP contribution in [-0.4, -0.2) is 34.2 Å². The van der Waals surface area contributed by atoms with Gasteiger partial charge in [-0.05, 0) is 30.2 Å². The first-order valence-electron chi connectivity index (χ1n) is 7.54. The summed E-state index contributed by atoms with van der Waals surface area (Å²) in [4.78, 5) is 17.0. The molecular formula is C17H18N4O2S. The Morgan fingerprint density at radius 2 is 2.17 bits per heavy atom. The van der Waals surface area contributed by atoms with Crippen LogP contribution in [-0.2, 0) is 11.2 Å². The second-order valence-corrected chi connectivity index (χ2v) is 6.11. The van der Waals surface area contributed by atoms with Crippen LogP contribution in [0.2, 0.25) is 0 Å². The van der Waals surface area contributed by atoms with E-state index in [2.05, 4.69) is 15.4 Å². The van der Waals surface area contributed by atoms with E-state index in [1.807, 2.05) is 36.6 Å². The number of rotatable bonds is 6. The van der Waals surface area contributed by atoms with Crippen molar-refractivity contribution in [2.75, 3.05) is 13.7 Å². The van der Waals surface area contributed by atoms with E-state index in [0.29, 0.717) is 13.0 Å². The van der Waals surface area contributed by atoms with Crippen molar-refractivity contribution in [3.63, 3.8) is 0 Å². The summed E-state index contributed by atoms with van der Waals surface area (Å²) in [5, 5.41) is 9.08. The van der Waals surface area contributed by atoms with E-state index < -0.39 is 0 Å². The van der Waals surface area contributed by atoms with Gasteiger partial charge in [0.25, 0.3) is 0 Å². The molecule has 124 valence electrons. The summed E-state index contributed by atoms with van der Waals surface area (Å²) in [5.74, 6) is 0.694. The van der Waals surface area contributed by atoms with Crippen LogP contribution in [0, 0.1) is 0 Å². The number of thiazole rings is 1. The fourth-order valence-electron chi connectivity index (χ4n) is 2.34. The number of methoxy groups -OCH3 is 1. The summed E-state index contributed by atoms with van der Waals surface area (Å²) in [6.07, 6.45) is 3.86. The maximum atomic E-state index is 12.0. The molecule has 2 heterocycles. The van der Waals surface area contributed by atoms with Crippen molar-refractivity contribution >= 4 is 27.8 Å². The maximum Gasteiger partial charge on any atom is 0.244 e. The first kappa shape index (κ1) is 16.2. The van der Waals surface area contributed by atoms with Crippen molar-refractivity contribution in [3.8, 4) is 5.75 Å². The smallest absolute Gasteiger partial charge is 0.244 e. The largest absolute Gasteiger partial charge is 0.497 e. The predicted octanol–water partition coefficient (Wildman–Crippen LogP) is 2.56. The van der Waals surface area contributed by atoms with Crippen LogP contribution in [0.5, 0.6) is 5.75 Å². The van der Waals surface area contributed by atoms with Gasteiger partial charge in [0.2, 0.25) is 10.9 Å². The molecule has 3 rings (SSSR count). The summed E-state index contributed by atoms with van der Waals surface area (Å²) >= 11 is 1.54. The molecule has 3 aromatic rings. The van der Waals surface area contributed by atoms with E-state index in [-0.39, 0.29) is 5.91 Å². The Morgan fingerprint density at radius 1 is 1.38 bits per heavy atom. The van der Waals surface area contributed by atoms with Gasteiger partial charge in [0.1, 0.15) is 12.1 Å². The highest BCUT2D eigenvalue weighted by Crippen LogP contribution is 2.18. The van der Waals surface area contributed by atoms with Gasteiger partial charge in [-0.1, -0.05) is 12.1 Å². The zero-order chi connectivity index (χ0) is 16.9. The van der Waals surface area contributed by atoms with E-state index in [9.17, 15) is 4.79 Å². The Balaban J connectivity index is 1.55. The van der Waals surface area contributed by atoms with Gasteiger partial charge in [-0.2, -0.15) is 5.10 Å². The van der Waals surface area contributed by atoms with Gasteiger partial charge in [0.05, 0.1) is 12.8 Å². The standard InChI is InChI=1S/C17H18N4O2S/c1-12(13-3-5-15(23-2)6-4-13)9-16(22)18-8-7-14-10-24-17-19-11-20-21(14)17/h3-6,9-11H,7-8H2,1-2H3,(H,18,22)/b12-9+. The quantitative estimate of drug-likeness (QED) is 0.699. The molecule has 0 fully saturated rings. The summed E-state index contributed by atoms with van der Waals surface area (Å²) in [5.41, 5.74) is 2.95. The number of nitrogens with zero attached hydrogens (tertiary/aromatic N) is 3. The molecule has 0 radical (unpaired) electrons. The monoisotopic (exact) mass is 342 g/mol. The maximum absolute atomic E-state index is 12.0. The average molecular weight is 342 g/mol. The third-order valence-corrected chi connectivity index (χ3v) is 4.54. The third kappa shape index (κ3) is 3.62. The molecule has 0 aliphatic carbocycles. The lowest BCUT2D eigenvalue weighted by Crippen LogP contribution is -2.24. The summed E-state index contributed by atoms with van der Waals surface area (Å²) < 4.78 is 6.93. The zero-order valence-electron chi connectivity index (χ0n) is 13.5. The van der Waals surface area contributed by atoms with Crippen LogP contribution >= 0.6 is 11.3 Å². The molecule has 7 heteroatoms. The van der Waals surface area contributed by atoms with Crippen molar-refractivity contribution in [1.82, 2.24) is 19.9 Å². The van der Waals surface area contributed by atoms with Gasteiger partial charge in [-0.25, -0.2) is 9.50 Å². The number of aromatic nitrogens is 3. The minimum Gasteiger partial charge on any atom is -0.497 e. The van der Waals surface area contributed by atoms with Crippen molar-refractivity contribution in [2.24, 2.45) is 0 Å². The van der Waals surface area contributed by atoms with E-state index in [0.717, 1.165) is 27.5 Å². The molecule has 2 aromatic heterocycles. The Bertz CT molecular complexity index is 864. The highest BCUT2D eigenvalue weighted by atomic mass is 32.1. The number of nitrogens with one attached hydrogen (secondary N) is 1. The second-order valence-electron chi connectivity index (χ2n) is 5.28. The van der Waals surface area contributed by atoms with Gasteiger partial charge < -0.3 is 10.1 Å². The SMILES string of the molecule is COc1ccc(/C(C)=C/C(=O)NCCc2csc3ncnn23)cc1. The van der Waals surface area contributed by atoms with Gasteiger partial charge >= 0.3 is 0 Å². The number of amides is 1. The van der Waals surface area contributed by atoms with Gasteiger partial charge in [-0.3, -0.25) is 4.79 Å². The lowest BCUT2D eigenvalue weighted by Gasteiger charge is -2.05. The second kappa shape index (κ2) is 7.27. The van der Waals surface area contributed by atoms with Crippen LogP contribution in [0.25, 0.3) is 10.5 Å². The molecule has 0 aliphatic rings. The highest BCUT2D eigenvalue weighted by molar-refractivity contribution is 7.15. The Hall–Kier alpha value is -2.67. The first-order chi connectivity index (χ1) is 11.7. The number of fused-ring (bicyclic) bond motifs is 1. The Labute approximate surface area is 143 Å². The third-order valence-electron chi connectivity index (χ3n) is 3.66. The number of carbonyl (C=O) groups excluding carboxylic acids is 1. The average Bonchev–Trinajstić information content (AvgIpc) is 3.19. The van der Waals surface area contributed by atoms with Crippen molar-refractivity contribution < 1.29 is 9.53 Å². The van der Waals surface area contributed by atoms with Gasteiger partial charge in [0, 0.05) is 24.4 Å². The zero-order valence-corrected chi connectivity index (χ0v) is 14.3. The minimum absolute atomic E-state index is 0.103. The molecular weight excluding hydrogens is 324 g/mol. The van der Waals surface area contributed by atoms with Crippen molar-refractivity contribution in [2.45, 2.75) is 13.3 Å². The number of benzene rings is 1. The fourth-order valence-corrected chi connectivity index (χ4v) is 3.17. The van der Waals surface area contributed by atoms with Crippen LogP contribution in [0.1, 0.15) is 18.2 Å². The van der Waals surface area contributed by atoms with Crippen molar-refractivity contribution in [3.05, 3.63) is 53.3 Å². The summed E-state index contributed by atoms with van der Waals surface area (Å²) in [7, 11) is 1.63. The van der Waals surface area contributed by atoms with E-state index >= 15 is 0 Å². The minimum atomic E-state index is -0.103. The molecule has 0 aliphatic heterocycles. The molecule has 24 heavy (non-hydrogen) atoms. The molecule has 0 atom stereocenters. The molecule has 0 unspecified atom stereocenters. The van der Waals surface area contributed by atoms with Crippen LogP contribution < -0.4 is 10.1 Å². The Morgan fingerprint density at radius 3 is 2.92 bits per heavy atom.